The van der Waals surface area contributed by atoms with Crippen molar-refractivity contribution in [2.45, 2.75) is 25.8 Å². The monoisotopic (exact) mass is 335 g/mol. The van der Waals surface area contributed by atoms with E-state index in [1.54, 1.807) is 6.07 Å². The van der Waals surface area contributed by atoms with Crippen LogP contribution in [0.4, 0.5) is 0 Å². The van der Waals surface area contributed by atoms with E-state index < -0.39 is 0 Å². The van der Waals surface area contributed by atoms with E-state index in [-0.39, 0.29) is 11.4 Å². The van der Waals surface area contributed by atoms with E-state index in [9.17, 15) is 9.90 Å². The molecule has 0 amide bonds. The second-order valence-electron chi connectivity index (χ2n) is 6.82. The van der Waals surface area contributed by atoms with Crippen molar-refractivity contribution in [2.75, 3.05) is 13.1 Å². The second kappa shape index (κ2) is 6.37. The predicted octanol–water partition coefficient (Wildman–Crippen LogP) is 3.80. The smallest absolute Gasteiger partial charge is 0.336 e. The molecule has 1 N–H and O–H groups in total. The van der Waals surface area contributed by atoms with Gasteiger partial charge in [-0.1, -0.05) is 30.3 Å². The van der Waals surface area contributed by atoms with Crippen LogP contribution in [0.3, 0.4) is 0 Å². The van der Waals surface area contributed by atoms with Gasteiger partial charge in [0.15, 0.2) is 0 Å². The van der Waals surface area contributed by atoms with E-state index in [1.807, 2.05) is 19.1 Å². The first-order valence-corrected chi connectivity index (χ1v) is 8.64. The van der Waals surface area contributed by atoms with Gasteiger partial charge in [-0.2, -0.15) is 0 Å². The summed E-state index contributed by atoms with van der Waals surface area (Å²) in [5.41, 5.74) is 3.06. The fourth-order valence-electron chi connectivity index (χ4n) is 3.78. The third kappa shape index (κ3) is 3.05. The summed E-state index contributed by atoms with van der Waals surface area (Å²) in [7, 11) is 0. The molecule has 0 aliphatic carbocycles. The number of phenols is 1. The van der Waals surface area contributed by atoms with Crippen molar-refractivity contribution >= 4 is 11.0 Å². The zero-order valence-corrected chi connectivity index (χ0v) is 14.2. The van der Waals surface area contributed by atoms with Crippen LogP contribution in [0, 0.1) is 6.92 Å². The summed E-state index contributed by atoms with van der Waals surface area (Å²) in [4.78, 5) is 14.1. The third-order valence-electron chi connectivity index (χ3n) is 5.12. The molecule has 2 aromatic carbocycles. The molecule has 4 nitrogen and oxygen atoms in total. The molecule has 0 radical (unpaired) electrons. The van der Waals surface area contributed by atoms with Gasteiger partial charge in [-0.15, -0.1) is 0 Å². The van der Waals surface area contributed by atoms with Gasteiger partial charge in [0.25, 0.3) is 0 Å². The lowest BCUT2D eigenvalue weighted by molar-refractivity contribution is 0.319. The van der Waals surface area contributed by atoms with Crippen LogP contribution in [-0.2, 0) is 6.54 Å². The van der Waals surface area contributed by atoms with Crippen LogP contribution in [0.15, 0.2) is 57.7 Å². The van der Waals surface area contributed by atoms with E-state index in [0.29, 0.717) is 23.6 Å². The first-order chi connectivity index (χ1) is 12.1. The number of phenolic OH excluding ortho intramolecular Hbond substituents is 1. The maximum Gasteiger partial charge on any atom is 0.336 e. The topological polar surface area (TPSA) is 53.7 Å². The molecule has 25 heavy (non-hydrogen) atoms. The van der Waals surface area contributed by atoms with E-state index in [1.165, 1.54) is 11.6 Å². The largest absolute Gasteiger partial charge is 0.507 e. The molecule has 0 unspecified atom stereocenters. The summed E-state index contributed by atoms with van der Waals surface area (Å²) >= 11 is 0. The van der Waals surface area contributed by atoms with Crippen molar-refractivity contribution in [3.8, 4) is 5.75 Å². The minimum absolute atomic E-state index is 0.185. The summed E-state index contributed by atoms with van der Waals surface area (Å²) in [6.45, 7) is 4.38. The Morgan fingerprint density at radius 3 is 2.80 bits per heavy atom. The van der Waals surface area contributed by atoms with Crippen LogP contribution in [0.1, 0.15) is 29.0 Å². The number of nitrogens with zero attached hydrogens (tertiary/aromatic N) is 1. The van der Waals surface area contributed by atoms with Gasteiger partial charge in [0.05, 0.1) is 5.56 Å². The summed E-state index contributed by atoms with van der Waals surface area (Å²) in [5.74, 6) is 0.691. The number of aryl methyl sites for hydroxylation is 1. The lowest BCUT2D eigenvalue weighted by Crippen LogP contribution is -2.20. The Morgan fingerprint density at radius 1 is 1.20 bits per heavy atom. The van der Waals surface area contributed by atoms with Crippen molar-refractivity contribution < 1.29 is 9.52 Å². The number of benzene rings is 2. The molecular formula is C21H21NO3. The molecule has 0 spiro atoms. The predicted molar refractivity (Wildman–Crippen MR) is 98.0 cm³/mol. The molecule has 1 fully saturated rings. The summed E-state index contributed by atoms with van der Waals surface area (Å²) in [5, 5.41) is 11.2. The van der Waals surface area contributed by atoms with Crippen LogP contribution >= 0.6 is 0 Å². The van der Waals surface area contributed by atoms with Crippen LogP contribution in [-0.4, -0.2) is 23.1 Å². The Bertz CT molecular complexity index is 962. The Morgan fingerprint density at radius 2 is 2.00 bits per heavy atom. The van der Waals surface area contributed by atoms with Crippen molar-refractivity contribution in [3.05, 3.63) is 75.6 Å². The first-order valence-electron chi connectivity index (χ1n) is 8.64. The lowest BCUT2D eigenvalue weighted by Gasteiger charge is -2.18. The van der Waals surface area contributed by atoms with Crippen molar-refractivity contribution in [2.24, 2.45) is 0 Å². The van der Waals surface area contributed by atoms with Gasteiger partial charge in [-0.25, -0.2) is 4.79 Å². The number of hydrogen-bond donors (Lipinski definition) is 1. The highest BCUT2D eigenvalue weighted by molar-refractivity contribution is 5.84. The molecule has 1 aliphatic rings. The van der Waals surface area contributed by atoms with E-state index in [0.717, 1.165) is 30.5 Å². The molecule has 3 aromatic rings. The van der Waals surface area contributed by atoms with Gasteiger partial charge in [-0.3, -0.25) is 4.90 Å². The number of hydrogen-bond acceptors (Lipinski definition) is 4. The third-order valence-corrected chi connectivity index (χ3v) is 5.12. The SMILES string of the molecule is Cc1cc(=O)oc2c(CN3CC[C@H](c4ccccc4)C3)c(O)ccc12. The highest BCUT2D eigenvalue weighted by atomic mass is 16.4. The Kier molecular flexibility index (Phi) is 4.06. The number of aromatic hydroxyl groups is 1. The van der Waals surface area contributed by atoms with Gasteiger partial charge in [0.1, 0.15) is 11.3 Å². The summed E-state index contributed by atoms with van der Waals surface area (Å²) in [6, 6.07) is 15.5. The maximum atomic E-state index is 11.8. The Hall–Kier alpha value is -2.59. The average molecular weight is 335 g/mol. The minimum atomic E-state index is -0.375. The average Bonchev–Trinajstić information content (AvgIpc) is 3.07. The van der Waals surface area contributed by atoms with Crippen molar-refractivity contribution in [1.82, 2.24) is 4.90 Å². The van der Waals surface area contributed by atoms with Gasteiger partial charge < -0.3 is 9.52 Å². The van der Waals surface area contributed by atoms with Gasteiger partial charge in [0.2, 0.25) is 0 Å². The van der Waals surface area contributed by atoms with E-state index >= 15 is 0 Å². The molecule has 1 aliphatic heterocycles. The molecule has 2 heterocycles. The lowest BCUT2D eigenvalue weighted by atomic mass is 9.99. The molecule has 0 saturated carbocycles. The molecule has 4 heteroatoms. The number of fused-ring (bicyclic) bond motifs is 1. The van der Waals surface area contributed by atoms with Crippen LogP contribution in [0.5, 0.6) is 5.75 Å². The van der Waals surface area contributed by atoms with Crippen molar-refractivity contribution in [1.29, 1.82) is 0 Å². The molecule has 0 bridgehead atoms. The van der Waals surface area contributed by atoms with Gasteiger partial charge in [-0.05, 0) is 49.1 Å². The Labute approximate surface area is 146 Å². The van der Waals surface area contributed by atoms with E-state index in [2.05, 4.69) is 29.2 Å². The molecule has 1 atom stereocenters. The van der Waals surface area contributed by atoms with Crippen LogP contribution in [0.25, 0.3) is 11.0 Å². The molecule has 4 rings (SSSR count). The fraction of sp³-hybridized carbons (Fsp3) is 0.286. The zero-order chi connectivity index (χ0) is 17.4. The highest BCUT2D eigenvalue weighted by Crippen LogP contribution is 2.33. The van der Waals surface area contributed by atoms with Crippen LogP contribution < -0.4 is 5.63 Å². The van der Waals surface area contributed by atoms with Gasteiger partial charge in [0, 0.05) is 24.5 Å². The summed E-state index contributed by atoms with van der Waals surface area (Å²) < 4.78 is 5.43. The number of likely N-dealkylation sites (tertiary alicyclic amines) is 1. The van der Waals surface area contributed by atoms with Gasteiger partial charge >= 0.3 is 5.63 Å². The van der Waals surface area contributed by atoms with E-state index in [4.69, 9.17) is 4.42 Å². The summed E-state index contributed by atoms with van der Waals surface area (Å²) in [6.07, 6.45) is 1.10. The maximum absolute atomic E-state index is 11.8. The highest BCUT2D eigenvalue weighted by Gasteiger charge is 2.25. The Balaban J connectivity index is 1.63. The number of rotatable bonds is 3. The minimum Gasteiger partial charge on any atom is -0.507 e. The second-order valence-corrected chi connectivity index (χ2v) is 6.82. The molecule has 1 aromatic heterocycles. The standard InChI is InChI=1S/C21H21NO3/c1-14-11-20(24)25-21-17(14)7-8-19(23)18(21)13-22-10-9-16(12-22)15-5-3-2-4-6-15/h2-8,11,16,23H,9-10,12-13H2,1H3/t16-/m0/s1. The molecular weight excluding hydrogens is 314 g/mol. The quantitative estimate of drug-likeness (QED) is 0.740. The van der Waals surface area contributed by atoms with Crippen molar-refractivity contribution in [3.63, 3.8) is 0 Å². The molecule has 1 saturated heterocycles. The van der Waals surface area contributed by atoms with Crippen LogP contribution in [0.2, 0.25) is 0 Å². The first kappa shape index (κ1) is 15.9. The normalized spacial score (nSPS) is 18.0. The fourth-order valence-corrected chi connectivity index (χ4v) is 3.78. The molecule has 128 valence electrons. The zero-order valence-electron chi connectivity index (χ0n) is 14.2.